The van der Waals surface area contributed by atoms with E-state index in [2.05, 4.69) is 15.9 Å². The van der Waals surface area contributed by atoms with Gasteiger partial charge in [0.1, 0.15) is 17.6 Å². The zero-order valence-electron chi connectivity index (χ0n) is 7.92. The van der Waals surface area contributed by atoms with Gasteiger partial charge in [0, 0.05) is 12.8 Å². The van der Waals surface area contributed by atoms with Crippen LogP contribution in [-0.4, -0.2) is 11.9 Å². The van der Waals surface area contributed by atoms with E-state index >= 15 is 0 Å². The van der Waals surface area contributed by atoms with Crippen molar-refractivity contribution in [3.8, 4) is 5.75 Å². The predicted molar refractivity (Wildman–Crippen MR) is 57.5 cm³/mol. The van der Waals surface area contributed by atoms with Gasteiger partial charge in [-0.2, -0.15) is 0 Å². The maximum atomic E-state index is 10.7. The number of Topliss-reactive ketones (excluding diaryl/α,β-unsaturated/α-hetero) is 1. The Morgan fingerprint density at radius 1 is 1.43 bits per heavy atom. The van der Waals surface area contributed by atoms with Crippen LogP contribution in [0.2, 0.25) is 0 Å². The van der Waals surface area contributed by atoms with Crippen molar-refractivity contribution in [2.24, 2.45) is 0 Å². The van der Waals surface area contributed by atoms with Crippen LogP contribution < -0.4 is 4.74 Å². The van der Waals surface area contributed by atoms with Crippen LogP contribution in [0.4, 0.5) is 0 Å². The highest BCUT2D eigenvalue weighted by molar-refractivity contribution is 9.10. The van der Waals surface area contributed by atoms with Crippen LogP contribution in [0.3, 0.4) is 0 Å². The Morgan fingerprint density at radius 3 is 2.71 bits per heavy atom. The quantitative estimate of drug-likeness (QED) is 0.812. The van der Waals surface area contributed by atoms with Crippen molar-refractivity contribution in [2.75, 3.05) is 0 Å². The molecule has 2 nitrogen and oxygen atoms in total. The van der Waals surface area contributed by atoms with E-state index < -0.39 is 0 Å². The minimum absolute atomic E-state index is 0.0847. The van der Waals surface area contributed by atoms with Gasteiger partial charge in [-0.25, -0.2) is 0 Å². The Kier molecular flexibility index (Phi) is 2.59. The summed E-state index contributed by atoms with van der Waals surface area (Å²) < 4.78 is 6.59. The van der Waals surface area contributed by atoms with E-state index in [9.17, 15) is 4.79 Å². The third kappa shape index (κ3) is 1.98. The van der Waals surface area contributed by atoms with Gasteiger partial charge in [-0.1, -0.05) is 6.07 Å². The standard InChI is InChI=1S/C11H11BrO2/c1-7-2-3-11(10(12)4-7)14-9-5-8(13)6-9/h2-4,9H,5-6H2,1H3. The van der Waals surface area contributed by atoms with E-state index in [1.807, 2.05) is 25.1 Å². The fourth-order valence-electron chi connectivity index (χ4n) is 1.41. The summed E-state index contributed by atoms with van der Waals surface area (Å²) in [6.07, 6.45) is 1.20. The number of carbonyl (C=O) groups is 1. The highest BCUT2D eigenvalue weighted by Gasteiger charge is 2.28. The molecule has 1 aromatic carbocycles. The van der Waals surface area contributed by atoms with Gasteiger partial charge in [0.15, 0.2) is 0 Å². The molecule has 0 aliphatic heterocycles. The van der Waals surface area contributed by atoms with Crippen LogP contribution in [0.1, 0.15) is 18.4 Å². The number of aryl methyl sites for hydroxylation is 1. The molecule has 0 atom stereocenters. The fourth-order valence-corrected chi connectivity index (χ4v) is 2.00. The number of benzene rings is 1. The smallest absolute Gasteiger partial charge is 0.140 e. The highest BCUT2D eigenvalue weighted by Crippen LogP contribution is 2.30. The molecule has 0 N–H and O–H groups in total. The monoisotopic (exact) mass is 254 g/mol. The minimum atomic E-state index is 0.0847. The van der Waals surface area contributed by atoms with E-state index in [1.54, 1.807) is 0 Å². The highest BCUT2D eigenvalue weighted by atomic mass is 79.9. The van der Waals surface area contributed by atoms with E-state index in [-0.39, 0.29) is 6.10 Å². The SMILES string of the molecule is Cc1ccc(OC2CC(=O)C2)c(Br)c1. The number of hydrogen-bond acceptors (Lipinski definition) is 2. The molecule has 0 aromatic heterocycles. The van der Waals surface area contributed by atoms with Crippen molar-refractivity contribution in [3.05, 3.63) is 28.2 Å². The van der Waals surface area contributed by atoms with Gasteiger partial charge in [-0.05, 0) is 40.5 Å². The zero-order valence-corrected chi connectivity index (χ0v) is 9.50. The first-order chi connectivity index (χ1) is 6.65. The summed E-state index contributed by atoms with van der Waals surface area (Å²) in [6.45, 7) is 2.03. The molecule has 0 amide bonds. The molecule has 0 saturated heterocycles. The van der Waals surface area contributed by atoms with Crippen molar-refractivity contribution in [1.29, 1.82) is 0 Å². The second kappa shape index (κ2) is 3.73. The van der Waals surface area contributed by atoms with Gasteiger partial charge >= 0.3 is 0 Å². The summed E-state index contributed by atoms with van der Waals surface area (Å²) in [4.78, 5) is 10.7. The second-order valence-electron chi connectivity index (χ2n) is 3.62. The second-order valence-corrected chi connectivity index (χ2v) is 4.47. The molecule has 2 rings (SSSR count). The number of hydrogen-bond donors (Lipinski definition) is 0. The van der Waals surface area contributed by atoms with Gasteiger partial charge < -0.3 is 4.74 Å². The van der Waals surface area contributed by atoms with Gasteiger partial charge in [-0.15, -0.1) is 0 Å². The summed E-state index contributed by atoms with van der Waals surface area (Å²) in [6, 6.07) is 5.94. The number of rotatable bonds is 2. The summed E-state index contributed by atoms with van der Waals surface area (Å²) in [7, 11) is 0. The lowest BCUT2D eigenvalue weighted by Crippen LogP contribution is -2.33. The Morgan fingerprint density at radius 2 is 2.14 bits per heavy atom. The van der Waals surface area contributed by atoms with Gasteiger partial charge in [0.25, 0.3) is 0 Å². The predicted octanol–water partition coefficient (Wildman–Crippen LogP) is 2.87. The van der Waals surface area contributed by atoms with Crippen LogP contribution in [-0.2, 0) is 4.79 Å². The zero-order chi connectivity index (χ0) is 10.1. The lowest BCUT2D eigenvalue weighted by Gasteiger charge is -2.25. The number of ketones is 1. The molecule has 0 unspecified atom stereocenters. The summed E-state index contributed by atoms with van der Waals surface area (Å²) in [5, 5.41) is 0. The van der Waals surface area contributed by atoms with Crippen molar-refractivity contribution in [3.63, 3.8) is 0 Å². The summed E-state index contributed by atoms with van der Waals surface area (Å²) in [5.41, 5.74) is 1.19. The third-order valence-corrected chi connectivity index (χ3v) is 2.91. The molecule has 0 bridgehead atoms. The van der Waals surface area contributed by atoms with E-state index in [0.717, 1.165) is 10.2 Å². The van der Waals surface area contributed by atoms with Crippen LogP contribution in [0, 0.1) is 6.92 Å². The first kappa shape index (κ1) is 9.71. The number of ether oxygens (including phenoxy) is 1. The molecule has 1 saturated carbocycles. The normalized spacial score (nSPS) is 16.6. The van der Waals surface area contributed by atoms with Crippen LogP contribution in [0.25, 0.3) is 0 Å². The fraction of sp³-hybridized carbons (Fsp3) is 0.364. The Bertz CT molecular complexity index is 366. The molecular formula is C11H11BrO2. The maximum absolute atomic E-state index is 10.7. The van der Waals surface area contributed by atoms with Crippen molar-refractivity contribution >= 4 is 21.7 Å². The number of halogens is 1. The Labute approximate surface area is 91.4 Å². The van der Waals surface area contributed by atoms with Gasteiger partial charge in [-0.3, -0.25) is 4.79 Å². The molecule has 1 aliphatic carbocycles. The van der Waals surface area contributed by atoms with E-state index in [0.29, 0.717) is 18.6 Å². The maximum Gasteiger partial charge on any atom is 0.140 e. The lowest BCUT2D eigenvalue weighted by molar-refractivity contribution is -0.129. The minimum Gasteiger partial charge on any atom is -0.488 e. The third-order valence-electron chi connectivity index (χ3n) is 2.29. The molecule has 1 fully saturated rings. The molecule has 0 radical (unpaired) electrons. The largest absolute Gasteiger partial charge is 0.488 e. The molecule has 0 heterocycles. The van der Waals surface area contributed by atoms with Crippen molar-refractivity contribution < 1.29 is 9.53 Å². The van der Waals surface area contributed by atoms with Crippen LogP contribution in [0.15, 0.2) is 22.7 Å². The summed E-state index contributed by atoms with van der Waals surface area (Å²) in [5.74, 6) is 1.12. The molecule has 1 aromatic rings. The Balaban J connectivity index is 2.06. The molecule has 1 aliphatic rings. The van der Waals surface area contributed by atoms with Crippen LogP contribution in [0.5, 0.6) is 5.75 Å². The molecule has 0 spiro atoms. The van der Waals surface area contributed by atoms with E-state index in [1.165, 1.54) is 5.56 Å². The van der Waals surface area contributed by atoms with Crippen LogP contribution >= 0.6 is 15.9 Å². The number of carbonyl (C=O) groups excluding carboxylic acids is 1. The van der Waals surface area contributed by atoms with Gasteiger partial charge in [0.2, 0.25) is 0 Å². The first-order valence-electron chi connectivity index (χ1n) is 4.59. The summed E-state index contributed by atoms with van der Waals surface area (Å²) >= 11 is 3.43. The topological polar surface area (TPSA) is 26.3 Å². The lowest BCUT2D eigenvalue weighted by atomic mass is 9.94. The van der Waals surface area contributed by atoms with Crippen molar-refractivity contribution in [2.45, 2.75) is 25.9 Å². The molecule has 14 heavy (non-hydrogen) atoms. The molecule has 74 valence electrons. The average molecular weight is 255 g/mol. The van der Waals surface area contributed by atoms with Crippen molar-refractivity contribution in [1.82, 2.24) is 0 Å². The molecule has 3 heteroatoms. The van der Waals surface area contributed by atoms with Gasteiger partial charge in [0.05, 0.1) is 4.47 Å². The average Bonchev–Trinajstić information content (AvgIpc) is 2.06. The first-order valence-corrected chi connectivity index (χ1v) is 5.39. The molecular weight excluding hydrogens is 244 g/mol. The van der Waals surface area contributed by atoms with E-state index in [4.69, 9.17) is 4.74 Å². The Hall–Kier alpha value is -0.830.